The highest BCUT2D eigenvalue weighted by Crippen LogP contribution is 2.30. The highest BCUT2D eigenvalue weighted by Gasteiger charge is 2.09. The van der Waals surface area contributed by atoms with Crippen molar-refractivity contribution in [3.63, 3.8) is 0 Å². The maximum Gasteiger partial charge on any atom is 0.248 e. The van der Waals surface area contributed by atoms with E-state index in [-0.39, 0.29) is 11.7 Å². The molecule has 1 aromatic heterocycles. The first kappa shape index (κ1) is 20.8. The normalized spacial score (nSPS) is 12.1. The van der Waals surface area contributed by atoms with E-state index in [0.717, 1.165) is 23.0 Å². The topological polar surface area (TPSA) is 94.2 Å². The number of aryl methyl sites for hydroxylation is 1. The van der Waals surface area contributed by atoms with E-state index in [1.165, 1.54) is 17.0 Å². The minimum Gasteiger partial charge on any atom is -0.341 e. The van der Waals surface area contributed by atoms with Gasteiger partial charge in [-0.15, -0.1) is 0 Å². The zero-order valence-electron chi connectivity index (χ0n) is 17.1. The maximum absolute atomic E-state index is 12.4. The number of nitrogens with two attached hydrogens (primary N) is 1. The molecule has 4 aromatic rings. The fourth-order valence-electron chi connectivity index (χ4n) is 3.84. The van der Waals surface area contributed by atoms with Crippen molar-refractivity contribution in [2.75, 3.05) is 5.32 Å². The van der Waals surface area contributed by atoms with Crippen molar-refractivity contribution in [2.45, 2.75) is 19.2 Å². The summed E-state index contributed by atoms with van der Waals surface area (Å²) in [6.07, 6.45) is 3.23. The second-order valence-electron chi connectivity index (χ2n) is 7.37. The SMILES string of the molecule is CCn1c2ccccc2c2cc(/C=C/C(=O)Nc3cccc(CS(N)(=O)=O)c3)ccc21. The van der Waals surface area contributed by atoms with Crippen molar-refractivity contribution < 1.29 is 13.2 Å². The Morgan fingerprint density at radius 1 is 1.00 bits per heavy atom. The fourth-order valence-corrected chi connectivity index (χ4v) is 4.49. The zero-order valence-corrected chi connectivity index (χ0v) is 17.9. The van der Waals surface area contributed by atoms with Crippen molar-refractivity contribution in [3.05, 3.63) is 83.9 Å². The number of carbonyl (C=O) groups excluding carboxylic acids is 1. The summed E-state index contributed by atoms with van der Waals surface area (Å²) in [5.74, 6) is -0.582. The van der Waals surface area contributed by atoms with Crippen LogP contribution < -0.4 is 10.5 Å². The third kappa shape index (κ3) is 4.68. The Hall–Kier alpha value is -3.42. The monoisotopic (exact) mass is 433 g/mol. The Kier molecular flexibility index (Phi) is 5.63. The molecule has 1 heterocycles. The van der Waals surface area contributed by atoms with E-state index in [2.05, 4.69) is 41.1 Å². The largest absolute Gasteiger partial charge is 0.341 e. The number of aromatic nitrogens is 1. The molecule has 0 aliphatic heterocycles. The number of fused-ring (bicyclic) bond motifs is 3. The van der Waals surface area contributed by atoms with Gasteiger partial charge in [-0.2, -0.15) is 0 Å². The lowest BCUT2D eigenvalue weighted by molar-refractivity contribution is -0.111. The second-order valence-corrected chi connectivity index (χ2v) is 8.98. The van der Waals surface area contributed by atoms with Crippen molar-refractivity contribution in [1.82, 2.24) is 4.57 Å². The maximum atomic E-state index is 12.4. The first-order valence-corrected chi connectivity index (χ1v) is 11.6. The average molecular weight is 434 g/mol. The number of primary sulfonamides is 1. The van der Waals surface area contributed by atoms with Gasteiger partial charge in [0.2, 0.25) is 15.9 Å². The second kappa shape index (κ2) is 8.37. The summed E-state index contributed by atoms with van der Waals surface area (Å²) in [5.41, 5.74) is 4.30. The molecule has 0 unspecified atom stereocenters. The molecular formula is C24H23N3O3S. The predicted octanol–water partition coefficient (Wildman–Crippen LogP) is 4.25. The van der Waals surface area contributed by atoms with Gasteiger partial charge in [0, 0.05) is 40.1 Å². The average Bonchev–Trinajstić information content (AvgIpc) is 3.04. The van der Waals surface area contributed by atoms with Gasteiger partial charge in [-0.05, 0) is 54.5 Å². The number of sulfonamides is 1. The van der Waals surface area contributed by atoms with Crippen LogP contribution in [0.1, 0.15) is 18.1 Å². The summed E-state index contributed by atoms with van der Waals surface area (Å²) >= 11 is 0. The summed E-state index contributed by atoms with van der Waals surface area (Å²) in [7, 11) is -3.63. The fraction of sp³-hybridized carbons (Fsp3) is 0.125. The van der Waals surface area contributed by atoms with Crippen LogP contribution in [0.5, 0.6) is 0 Å². The molecule has 6 nitrogen and oxygen atoms in total. The summed E-state index contributed by atoms with van der Waals surface area (Å²) in [6.45, 7) is 3.01. The molecule has 0 aliphatic rings. The summed E-state index contributed by atoms with van der Waals surface area (Å²) in [4.78, 5) is 12.4. The molecule has 0 saturated carbocycles. The van der Waals surface area contributed by atoms with Crippen LogP contribution in [0.2, 0.25) is 0 Å². The number of nitrogens with zero attached hydrogens (tertiary/aromatic N) is 1. The molecule has 0 aliphatic carbocycles. The van der Waals surface area contributed by atoms with Crippen LogP contribution in [0.15, 0.2) is 72.8 Å². The van der Waals surface area contributed by atoms with Crippen LogP contribution in [-0.2, 0) is 27.1 Å². The molecule has 7 heteroatoms. The van der Waals surface area contributed by atoms with Crippen molar-refractivity contribution in [3.8, 4) is 0 Å². The molecule has 31 heavy (non-hydrogen) atoms. The number of para-hydroxylation sites is 1. The van der Waals surface area contributed by atoms with Gasteiger partial charge < -0.3 is 9.88 Å². The smallest absolute Gasteiger partial charge is 0.248 e. The third-order valence-corrected chi connectivity index (χ3v) is 5.84. The molecule has 0 spiro atoms. The molecule has 3 N–H and O–H groups in total. The number of hydrogen-bond acceptors (Lipinski definition) is 3. The quantitative estimate of drug-likeness (QED) is 0.445. The number of benzene rings is 3. The number of hydrogen-bond donors (Lipinski definition) is 2. The van der Waals surface area contributed by atoms with Crippen molar-refractivity contribution in [1.29, 1.82) is 0 Å². The van der Waals surface area contributed by atoms with Crippen molar-refractivity contribution >= 4 is 49.5 Å². The summed E-state index contributed by atoms with van der Waals surface area (Å²) in [5, 5.41) is 10.2. The first-order valence-electron chi connectivity index (χ1n) is 9.93. The Labute approximate surface area is 181 Å². The van der Waals surface area contributed by atoms with E-state index in [9.17, 15) is 13.2 Å². The molecule has 4 rings (SSSR count). The van der Waals surface area contributed by atoms with Crippen LogP contribution >= 0.6 is 0 Å². The molecule has 1 amide bonds. The lowest BCUT2D eigenvalue weighted by Crippen LogP contribution is -2.15. The third-order valence-electron chi connectivity index (χ3n) is 5.10. The van der Waals surface area contributed by atoms with Crippen LogP contribution in [0, 0.1) is 0 Å². The molecular weight excluding hydrogens is 410 g/mol. The van der Waals surface area contributed by atoms with Gasteiger partial charge in [-0.1, -0.05) is 36.4 Å². The van der Waals surface area contributed by atoms with Gasteiger partial charge in [0.15, 0.2) is 0 Å². The van der Waals surface area contributed by atoms with Crippen LogP contribution in [0.3, 0.4) is 0 Å². The van der Waals surface area contributed by atoms with Gasteiger partial charge in [-0.3, -0.25) is 4.79 Å². The molecule has 0 radical (unpaired) electrons. The molecule has 0 bridgehead atoms. The van der Waals surface area contributed by atoms with E-state index in [1.54, 1.807) is 30.3 Å². The lowest BCUT2D eigenvalue weighted by Gasteiger charge is -2.05. The predicted molar refractivity (Wildman–Crippen MR) is 126 cm³/mol. The van der Waals surface area contributed by atoms with E-state index >= 15 is 0 Å². The standard InChI is InChI=1S/C24H23N3O3S/c1-2-27-22-9-4-3-8-20(22)21-15-17(10-12-23(21)27)11-13-24(28)26-19-7-5-6-18(14-19)16-31(25,29)30/h3-15H,2,16H2,1H3,(H,26,28)(H2,25,29,30)/b13-11+. The highest BCUT2D eigenvalue weighted by atomic mass is 32.2. The first-order chi connectivity index (χ1) is 14.8. The van der Waals surface area contributed by atoms with E-state index in [4.69, 9.17) is 5.14 Å². The summed E-state index contributed by atoms with van der Waals surface area (Å²) in [6, 6.07) is 21.1. The van der Waals surface area contributed by atoms with Crippen LogP contribution in [0.4, 0.5) is 5.69 Å². The van der Waals surface area contributed by atoms with Gasteiger partial charge >= 0.3 is 0 Å². The number of amides is 1. The minimum atomic E-state index is -3.63. The van der Waals surface area contributed by atoms with Crippen molar-refractivity contribution in [2.24, 2.45) is 5.14 Å². The molecule has 0 fully saturated rings. The Morgan fingerprint density at radius 3 is 2.55 bits per heavy atom. The Bertz CT molecular complexity index is 1420. The Balaban J connectivity index is 1.55. The molecule has 3 aromatic carbocycles. The number of rotatable bonds is 6. The number of anilines is 1. The lowest BCUT2D eigenvalue weighted by atomic mass is 10.1. The Morgan fingerprint density at radius 2 is 1.77 bits per heavy atom. The number of nitrogens with one attached hydrogen (secondary N) is 1. The van der Waals surface area contributed by atoms with Crippen LogP contribution in [-0.4, -0.2) is 18.9 Å². The van der Waals surface area contributed by atoms with E-state index in [1.807, 2.05) is 18.2 Å². The molecule has 0 saturated heterocycles. The molecule has 0 atom stereocenters. The van der Waals surface area contributed by atoms with Gasteiger partial charge in [0.05, 0.1) is 5.75 Å². The zero-order chi connectivity index (χ0) is 22.0. The van der Waals surface area contributed by atoms with Gasteiger partial charge in [0.1, 0.15) is 0 Å². The van der Waals surface area contributed by atoms with Crippen LogP contribution in [0.25, 0.3) is 27.9 Å². The number of carbonyl (C=O) groups is 1. The van der Waals surface area contributed by atoms with Gasteiger partial charge in [-0.25, -0.2) is 13.6 Å². The summed E-state index contributed by atoms with van der Waals surface area (Å²) < 4.78 is 24.8. The minimum absolute atomic E-state index is 0.280. The van der Waals surface area contributed by atoms with E-state index in [0.29, 0.717) is 11.3 Å². The highest BCUT2D eigenvalue weighted by molar-refractivity contribution is 7.88. The van der Waals surface area contributed by atoms with Gasteiger partial charge in [0.25, 0.3) is 0 Å². The van der Waals surface area contributed by atoms with E-state index < -0.39 is 10.0 Å². The molecule has 158 valence electrons.